The molecule has 4 rings (SSSR count). The van der Waals surface area contributed by atoms with Crippen LogP contribution in [0.15, 0.2) is 55.0 Å². The Labute approximate surface area is 140 Å². The van der Waals surface area contributed by atoms with Crippen LogP contribution in [0.3, 0.4) is 0 Å². The number of nitrogens with zero attached hydrogens (tertiary/aromatic N) is 5. The molecule has 1 fully saturated rings. The SMILES string of the molecule is c1ccc(-c2cc(N3CCOCC3)nc(-c3ccncc3)n2)nc1. The van der Waals surface area contributed by atoms with Gasteiger partial charge in [-0.25, -0.2) is 9.97 Å². The third-order valence-electron chi connectivity index (χ3n) is 3.91. The van der Waals surface area contributed by atoms with E-state index in [1.165, 1.54) is 0 Å². The minimum Gasteiger partial charge on any atom is -0.378 e. The summed E-state index contributed by atoms with van der Waals surface area (Å²) in [5.74, 6) is 1.59. The van der Waals surface area contributed by atoms with Crippen molar-refractivity contribution in [3.8, 4) is 22.8 Å². The number of ether oxygens (including phenoxy) is 1. The van der Waals surface area contributed by atoms with Crippen molar-refractivity contribution in [3.05, 3.63) is 55.0 Å². The van der Waals surface area contributed by atoms with E-state index in [2.05, 4.69) is 14.9 Å². The second kappa shape index (κ2) is 6.72. The molecular weight excluding hydrogens is 302 g/mol. The molecule has 0 spiro atoms. The monoisotopic (exact) mass is 319 g/mol. The van der Waals surface area contributed by atoms with E-state index in [9.17, 15) is 0 Å². The Morgan fingerprint density at radius 2 is 1.71 bits per heavy atom. The first-order chi connectivity index (χ1) is 11.9. The van der Waals surface area contributed by atoms with E-state index in [1.807, 2.05) is 36.4 Å². The Morgan fingerprint density at radius 3 is 2.46 bits per heavy atom. The van der Waals surface area contributed by atoms with E-state index in [1.54, 1.807) is 18.6 Å². The second-order valence-corrected chi connectivity index (χ2v) is 5.49. The highest BCUT2D eigenvalue weighted by Gasteiger charge is 2.16. The highest BCUT2D eigenvalue weighted by atomic mass is 16.5. The molecule has 1 saturated heterocycles. The first-order valence-electron chi connectivity index (χ1n) is 7.94. The molecule has 0 unspecified atom stereocenters. The van der Waals surface area contributed by atoms with Gasteiger partial charge in [0.2, 0.25) is 0 Å². The van der Waals surface area contributed by atoms with Crippen LogP contribution in [0.4, 0.5) is 5.82 Å². The van der Waals surface area contributed by atoms with Crippen LogP contribution in [0.25, 0.3) is 22.8 Å². The molecule has 24 heavy (non-hydrogen) atoms. The third-order valence-corrected chi connectivity index (χ3v) is 3.91. The predicted molar refractivity (Wildman–Crippen MR) is 91.5 cm³/mol. The molecule has 3 aromatic rings. The maximum Gasteiger partial charge on any atom is 0.162 e. The quantitative estimate of drug-likeness (QED) is 0.739. The first kappa shape index (κ1) is 14.7. The molecule has 0 aromatic carbocycles. The largest absolute Gasteiger partial charge is 0.378 e. The molecular formula is C18H17N5O. The van der Waals surface area contributed by atoms with Crippen molar-refractivity contribution in [1.29, 1.82) is 0 Å². The summed E-state index contributed by atoms with van der Waals surface area (Å²) in [7, 11) is 0. The summed E-state index contributed by atoms with van der Waals surface area (Å²) >= 11 is 0. The molecule has 0 atom stereocenters. The van der Waals surface area contributed by atoms with Crippen LogP contribution in [0, 0.1) is 0 Å². The minimum atomic E-state index is 0.682. The van der Waals surface area contributed by atoms with Gasteiger partial charge in [-0.2, -0.15) is 0 Å². The molecule has 0 aliphatic carbocycles. The Balaban J connectivity index is 1.81. The molecule has 120 valence electrons. The van der Waals surface area contributed by atoms with Crippen LogP contribution >= 0.6 is 0 Å². The van der Waals surface area contributed by atoms with Crippen molar-refractivity contribution in [1.82, 2.24) is 19.9 Å². The summed E-state index contributed by atoms with van der Waals surface area (Å²) < 4.78 is 5.45. The van der Waals surface area contributed by atoms with E-state index >= 15 is 0 Å². The molecule has 6 heteroatoms. The van der Waals surface area contributed by atoms with E-state index in [4.69, 9.17) is 14.7 Å². The smallest absolute Gasteiger partial charge is 0.162 e. The van der Waals surface area contributed by atoms with Crippen molar-refractivity contribution in [2.75, 3.05) is 31.2 Å². The fourth-order valence-electron chi connectivity index (χ4n) is 2.66. The Kier molecular flexibility index (Phi) is 4.12. The van der Waals surface area contributed by atoms with Crippen molar-refractivity contribution in [3.63, 3.8) is 0 Å². The highest BCUT2D eigenvalue weighted by Crippen LogP contribution is 2.25. The highest BCUT2D eigenvalue weighted by molar-refractivity contribution is 5.65. The molecule has 0 amide bonds. The predicted octanol–water partition coefficient (Wildman–Crippen LogP) is 2.44. The lowest BCUT2D eigenvalue weighted by molar-refractivity contribution is 0.122. The average molecular weight is 319 g/mol. The minimum absolute atomic E-state index is 0.682. The van der Waals surface area contributed by atoms with Gasteiger partial charge < -0.3 is 9.64 Å². The van der Waals surface area contributed by atoms with Gasteiger partial charge in [0, 0.05) is 43.3 Å². The van der Waals surface area contributed by atoms with Gasteiger partial charge in [0.15, 0.2) is 5.82 Å². The molecule has 1 aliphatic rings. The molecule has 6 nitrogen and oxygen atoms in total. The normalized spacial score (nSPS) is 14.6. The van der Waals surface area contributed by atoms with Crippen LogP contribution in [0.5, 0.6) is 0 Å². The number of pyridine rings is 2. The Hall–Kier alpha value is -2.86. The van der Waals surface area contributed by atoms with Gasteiger partial charge in [-0.3, -0.25) is 9.97 Å². The number of hydrogen-bond donors (Lipinski definition) is 0. The van der Waals surface area contributed by atoms with Crippen LogP contribution in [-0.2, 0) is 4.74 Å². The van der Waals surface area contributed by atoms with E-state index in [0.717, 1.165) is 35.9 Å². The van der Waals surface area contributed by atoms with Crippen LogP contribution in [0.2, 0.25) is 0 Å². The second-order valence-electron chi connectivity index (χ2n) is 5.49. The van der Waals surface area contributed by atoms with Crippen LogP contribution in [-0.4, -0.2) is 46.2 Å². The number of anilines is 1. The summed E-state index contributed by atoms with van der Waals surface area (Å²) in [5, 5.41) is 0. The summed E-state index contributed by atoms with van der Waals surface area (Å²) in [5.41, 5.74) is 2.60. The number of morpholine rings is 1. The summed E-state index contributed by atoms with van der Waals surface area (Å²) in [4.78, 5) is 20.2. The van der Waals surface area contributed by atoms with E-state index < -0.39 is 0 Å². The fourth-order valence-corrected chi connectivity index (χ4v) is 2.66. The molecule has 0 saturated carbocycles. The molecule has 0 radical (unpaired) electrons. The van der Waals surface area contributed by atoms with E-state index in [0.29, 0.717) is 19.0 Å². The van der Waals surface area contributed by atoms with Gasteiger partial charge in [-0.1, -0.05) is 6.07 Å². The Bertz CT molecular complexity index is 746. The molecule has 4 heterocycles. The summed E-state index contributed by atoms with van der Waals surface area (Å²) in [6.07, 6.45) is 5.28. The zero-order chi connectivity index (χ0) is 16.2. The maximum absolute atomic E-state index is 5.45. The third kappa shape index (κ3) is 3.09. The molecule has 0 N–H and O–H groups in total. The average Bonchev–Trinajstić information content (AvgIpc) is 2.70. The summed E-state index contributed by atoms with van der Waals surface area (Å²) in [6, 6.07) is 11.7. The van der Waals surface area contributed by atoms with Crippen molar-refractivity contribution >= 4 is 5.82 Å². The number of rotatable bonds is 3. The van der Waals surface area contributed by atoms with Crippen molar-refractivity contribution in [2.24, 2.45) is 0 Å². The molecule has 1 aliphatic heterocycles. The standard InChI is InChI=1S/C18H17N5O/c1-2-6-20-15(3-1)16-13-17(23-9-11-24-12-10-23)22-18(21-16)14-4-7-19-8-5-14/h1-8,13H,9-12H2. The van der Waals surface area contributed by atoms with Crippen molar-refractivity contribution in [2.45, 2.75) is 0 Å². The topological polar surface area (TPSA) is 64.0 Å². The number of aromatic nitrogens is 4. The molecule has 0 bridgehead atoms. The van der Waals surface area contributed by atoms with E-state index in [-0.39, 0.29) is 0 Å². The van der Waals surface area contributed by atoms with Gasteiger partial charge in [0.05, 0.1) is 24.6 Å². The first-order valence-corrected chi connectivity index (χ1v) is 7.94. The Morgan fingerprint density at radius 1 is 0.875 bits per heavy atom. The van der Waals surface area contributed by atoms with Crippen LogP contribution < -0.4 is 4.90 Å². The zero-order valence-electron chi connectivity index (χ0n) is 13.2. The van der Waals surface area contributed by atoms with Gasteiger partial charge >= 0.3 is 0 Å². The van der Waals surface area contributed by atoms with Gasteiger partial charge in [0.1, 0.15) is 5.82 Å². The lowest BCUT2D eigenvalue weighted by atomic mass is 10.2. The fraction of sp³-hybridized carbons (Fsp3) is 0.222. The van der Waals surface area contributed by atoms with Crippen molar-refractivity contribution < 1.29 is 4.74 Å². The zero-order valence-corrected chi connectivity index (χ0v) is 13.2. The summed E-state index contributed by atoms with van der Waals surface area (Å²) in [6.45, 7) is 3.09. The lowest BCUT2D eigenvalue weighted by Gasteiger charge is -2.28. The molecule has 3 aromatic heterocycles. The maximum atomic E-state index is 5.45. The number of hydrogen-bond acceptors (Lipinski definition) is 6. The van der Waals surface area contributed by atoms with Gasteiger partial charge in [-0.05, 0) is 24.3 Å². The van der Waals surface area contributed by atoms with Gasteiger partial charge in [0.25, 0.3) is 0 Å². The van der Waals surface area contributed by atoms with Crippen LogP contribution in [0.1, 0.15) is 0 Å². The lowest BCUT2D eigenvalue weighted by Crippen LogP contribution is -2.36. The van der Waals surface area contributed by atoms with Gasteiger partial charge in [-0.15, -0.1) is 0 Å².